The van der Waals surface area contributed by atoms with Crippen molar-refractivity contribution in [2.75, 3.05) is 18.5 Å². The average Bonchev–Trinajstić information content (AvgIpc) is 2.37. The molecule has 4 nitrogen and oxygen atoms in total. The monoisotopic (exact) mass is 278 g/mol. The fourth-order valence-electron chi connectivity index (χ4n) is 1.72. The van der Waals surface area contributed by atoms with Gasteiger partial charge in [0.15, 0.2) is 0 Å². The molecule has 0 saturated heterocycles. The molecule has 0 amide bonds. The lowest BCUT2D eigenvalue weighted by atomic mass is 10.2. The Morgan fingerprint density at radius 3 is 2.79 bits per heavy atom. The molecule has 0 atom stereocenters. The molecule has 0 saturated carbocycles. The van der Waals surface area contributed by atoms with Crippen LogP contribution < -0.4 is 4.90 Å². The zero-order chi connectivity index (χ0) is 14.4. The molecule has 0 aromatic heterocycles. The number of nitrogens with zero attached hydrogens (tertiary/aromatic N) is 2. The third kappa shape index (κ3) is 4.13. The summed E-state index contributed by atoms with van der Waals surface area (Å²) >= 11 is 1.53. The molecule has 0 N–H and O–H groups in total. The number of hydrogen-bond acceptors (Lipinski definition) is 4. The van der Waals surface area contributed by atoms with Gasteiger partial charge in [0.05, 0.1) is 4.92 Å². The number of rotatable bonds is 6. The van der Waals surface area contributed by atoms with E-state index in [0.717, 1.165) is 10.5 Å². The first-order valence-corrected chi connectivity index (χ1v) is 6.76. The zero-order valence-corrected chi connectivity index (χ0v) is 12.2. The van der Waals surface area contributed by atoms with Crippen LogP contribution in [0, 0.1) is 17.0 Å². The van der Waals surface area contributed by atoms with Crippen molar-refractivity contribution in [2.24, 2.45) is 0 Å². The van der Waals surface area contributed by atoms with Crippen LogP contribution in [-0.2, 0) is 0 Å². The molecule has 0 bridgehead atoms. The summed E-state index contributed by atoms with van der Waals surface area (Å²) in [6.45, 7) is 8.18. The summed E-state index contributed by atoms with van der Waals surface area (Å²) in [7, 11) is 1.86. The van der Waals surface area contributed by atoms with E-state index in [1.165, 1.54) is 11.8 Å². The Bertz CT molecular complexity index is 512. The number of likely N-dealkylation sites (N-methyl/N-ethyl adjacent to an activating group) is 1. The van der Waals surface area contributed by atoms with Crippen molar-refractivity contribution in [3.05, 3.63) is 56.8 Å². The third-order valence-corrected chi connectivity index (χ3v) is 3.52. The van der Waals surface area contributed by atoms with Gasteiger partial charge in [-0.2, -0.15) is 0 Å². The number of thioether (sulfide) groups is 1. The summed E-state index contributed by atoms with van der Waals surface area (Å²) in [4.78, 5) is 13.7. The maximum Gasteiger partial charge on any atom is 0.292 e. The molecule has 102 valence electrons. The van der Waals surface area contributed by atoms with Gasteiger partial charge in [0.25, 0.3) is 5.69 Å². The molecule has 0 fully saturated rings. The van der Waals surface area contributed by atoms with Gasteiger partial charge >= 0.3 is 0 Å². The molecule has 0 aliphatic carbocycles. The van der Waals surface area contributed by atoms with Gasteiger partial charge in [-0.15, -0.1) is 11.8 Å². The van der Waals surface area contributed by atoms with E-state index < -0.39 is 0 Å². The summed E-state index contributed by atoms with van der Waals surface area (Å²) in [5, 5.41) is 12.8. The van der Waals surface area contributed by atoms with Gasteiger partial charge in [0, 0.05) is 24.6 Å². The Labute approximate surface area is 118 Å². The molecule has 0 spiro atoms. The lowest BCUT2D eigenvalue weighted by molar-refractivity contribution is -0.384. The molecule has 1 aromatic carbocycles. The fraction of sp³-hybridized carbons (Fsp3) is 0.286. The van der Waals surface area contributed by atoms with Crippen LogP contribution >= 0.6 is 11.8 Å². The van der Waals surface area contributed by atoms with Gasteiger partial charge < -0.3 is 4.90 Å². The molecule has 0 aliphatic heterocycles. The molecule has 0 heterocycles. The van der Waals surface area contributed by atoms with E-state index >= 15 is 0 Å². The maximum absolute atomic E-state index is 11.1. The molecule has 0 radical (unpaired) electrons. The van der Waals surface area contributed by atoms with Crippen molar-refractivity contribution >= 4 is 23.1 Å². The Kier molecular flexibility index (Phi) is 5.63. The standard InChI is InChI=1S/C14H18N2O2S/c1-5-12(19-6-2)10-15(4)14-9-11(3)7-8-13(14)16(17)18/h5-9H,2,10H2,1,3-4H3/b12-5-. The smallest absolute Gasteiger partial charge is 0.292 e. The minimum atomic E-state index is -0.346. The highest BCUT2D eigenvalue weighted by atomic mass is 32.2. The van der Waals surface area contributed by atoms with E-state index in [0.29, 0.717) is 12.2 Å². The van der Waals surface area contributed by atoms with Crippen LogP contribution in [0.1, 0.15) is 12.5 Å². The van der Waals surface area contributed by atoms with Gasteiger partial charge in [-0.1, -0.05) is 18.7 Å². The number of nitro groups is 1. The highest BCUT2D eigenvalue weighted by Crippen LogP contribution is 2.30. The summed E-state index contributed by atoms with van der Waals surface area (Å²) < 4.78 is 0. The number of allylic oxidation sites excluding steroid dienone is 1. The molecule has 0 unspecified atom stereocenters. The van der Waals surface area contributed by atoms with Gasteiger partial charge in [0.2, 0.25) is 0 Å². The molecular weight excluding hydrogens is 260 g/mol. The van der Waals surface area contributed by atoms with E-state index in [9.17, 15) is 10.1 Å². The first-order valence-electron chi connectivity index (χ1n) is 5.88. The van der Waals surface area contributed by atoms with Gasteiger partial charge in [-0.3, -0.25) is 10.1 Å². The number of benzene rings is 1. The Morgan fingerprint density at radius 2 is 2.26 bits per heavy atom. The number of anilines is 1. The van der Waals surface area contributed by atoms with Gasteiger partial charge in [-0.05, 0) is 30.9 Å². The molecule has 5 heteroatoms. The van der Waals surface area contributed by atoms with Crippen molar-refractivity contribution in [1.29, 1.82) is 0 Å². The predicted molar refractivity (Wildman–Crippen MR) is 82.6 cm³/mol. The third-order valence-electron chi connectivity index (χ3n) is 2.69. The number of nitro benzene ring substituents is 1. The molecular formula is C14H18N2O2S. The van der Waals surface area contributed by atoms with Crippen LogP contribution in [0.2, 0.25) is 0 Å². The van der Waals surface area contributed by atoms with Crippen LogP contribution in [0.5, 0.6) is 0 Å². The summed E-state index contributed by atoms with van der Waals surface area (Å²) in [5.41, 5.74) is 1.77. The molecule has 19 heavy (non-hydrogen) atoms. The molecule has 1 aromatic rings. The second-order valence-electron chi connectivity index (χ2n) is 4.14. The van der Waals surface area contributed by atoms with Crippen molar-refractivity contribution in [3.63, 3.8) is 0 Å². The normalized spacial score (nSPS) is 11.2. The number of aryl methyl sites for hydroxylation is 1. The lowest BCUT2D eigenvalue weighted by Crippen LogP contribution is -2.20. The first-order chi connectivity index (χ1) is 8.99. The Balaban J connectivity index is 3.04. The quantitative estimate of drug-likeness (QED) is 0.580. The summed E-state index contributed by atoms with van der Waals surface area (Å²) in [6, 6.07) is 5.14. The molecule has 1 rings (SSSR count). The SMILES string of the molecule is C=CS/C(=C\C)CN(C)c1cc(C)ccc1[N+](=O)[O-]. The second kappa shape index (κ2) is 6.99. The van der Waals surface area contributed by atoms with E-state index in [2.05, 4.69) is 6.58 Å². The highest BCUT2D eigenvalue weighted by Gasteiger charge is 2.17. The van der Waals surface area contributed by atoms with Crippen LogP contribution in [0.3, 0.4) is 0 Å². The van der Waals surface area contributed by atoms with Crippen molar-refractivity contribution in [1.82, 2.24) is 0 Å². The van der Waals surface area contributed by atoms with Crippen LogP contribution in [-0.4, -0.2) is 18.5 Å². The lowest BCUT2D eigenvalue weighted by Gasteiger charge is -2.20. The van der Waals surface area contributed by atoms with E-state index in [1.807, 2.05) is 37.9 Å². The Morgan fingerprint density at radius 1 is 1.58 bits per heavy atom. The minimum Gasteiger partial charge on any atom is -0.364 e. The van der Waals surface area contributed by atoms with Crippen LogP contribution in [0.25, 0.3) is 0 Å². The summed E-state index contributed by atoms with van der Waals surface area (Å²) in [5.74, 6) is 0. The van der Waals surface area contributed by atoms with Crippen molar-refractivity contribution in [3.8, 4) is 0 Å². The van der Waals surface area contributed by atoms with E-state index in [1.54, 1.807) is 17.5 Å². The van der Waals surface area contributed by atoms with Crippen LogP contribution in [0.15, 0.2) is 41.2 Å². The van der Waals surface area contributed by atoms with Crippen LogP contribution in [0.4, 0.5) is 11.4 Å². The topological polar surface area (TPSA) is 46.4 Å². The van der Waals surface area contributed by atoms with E-state index in [4.69, 9.17) is 0 Å². The van der Waals surface area contributed by atoms with Gasteiger partial charge in [0.1, 0.15) is 5.69 Å². The largest absolute Gasteiger partial charge is 0.364 e. The zero-order valence-electron chi connectivity index (χ0n) is 11.4. The fourth-order valence-corrected chi connectivity index (χ4v) is 2.33. The van der Waals surface area contributed by atoms with Crippen molar-refractivity contribution < 1.29 is 4.92 Å². The second-order valence-corrected chi connectivity index (χ2v) is 5.24. The maximum atomic E-state index is 11.1. The minimum absolute atomic E-state index is 0.132. The highest BCUT2D eigenvalue weighted by molar-refractivity contribution is 8.05. The predicted octanol–water partition coefficient (Wildman–Crippen LogP) is 4.12. The van der Waals surface area contributed by atoms with E-state index in [-0.39, 0.29) is 10.6 Å². The molecule has 0 aliphatic rings. The van der Waals surface area contributed by atoms with Crippen molar-refractivity contribution in [2.45, 2.75) is 13.8 Å². The summed E-state index contributed by atoms with van der Waals surface area (Å²) in [6.07, 6.45) is 1.99. The number of hydrogen-bond donors (Lipinski definition) is 0. The van der Waals surface area contributed by atoms with Gasteiger partial charge in [-0.25, -0.2) is 0 Å². The Hall–Kier alpha value is -1.75. The first kappa shape index (κ1) is 15.3. The average molecular weight is 278 g/mol.